The first-order valence-corrected chi connectivity index (χ1v) is 14.4. The quantitative estimate of drug-likeness (QED) is 0.0835. The summed E-state index contributed by atoms with van der Waals surface area (Å²) in [5, 5.41) is 15.3. The van der Waals surface area contributed by atoms with E-state index >= 15 is 0 Å². The molecule has 0 bridgehead atoms. The number of hydrazine groups is 1. The smallest absolute Gasteiger partial charge is 0.354 e. The van der Waals surface area contributed by atoms with Crippen LogP contribution in [0.15, 0.2) is 24.5 Å². The third kappa shape index (κ3) is 11.8. The number of unbranched alkanes of at least 4 members (excludes halogenated alkanes) is 13. The molecule has 38 heavy (non-hydrogen) atoms. The van der Waals surface area contributed by atoms with Crippen molar-refractivity contribution in [3.05, 3.63) is 50.2 Å². The van der Waals surface area contributed by atoms with Gasteiger partial charge in [0.05, 0.1) is 15.5 Å². The van der Waals surface area contributed by atoms with E-state index in [-0.39, 0.29) is 27.9 Å². The molecular weight excluding hydrogens is 527 g/mol. The zero-order chi connectivity index (χ0) is 27.6. The molecule has 0 fully saturated rings. The molecule has 0 radical (unpaired) electrons. The molecule has 1 aromatic carbocycles. The maximum atomic E-state index is 12.4. The second-order valence-corrected chi connectivity index (χ2v) is 10.2. The van der Waals surface area contributed by atoms with Crippen molar-refractivity contribution in [1.29, 1.82) is 0 Å². The van der Waals surface area contributed by atoms with Gasteiger partial charge in [-0.1, -0.05) is 114 Å². The first-order valence-electron chi connectivity index (χ1n) is 13.7. The van der Waals surface area contributed by atoms with Crippen LogP contribution >= 0.6 is 23.2 Å². The van der Waals surface area contributed by atoms with Gasteiger partial charge in [-0.2, -0.15) is 0 Å². The van der Waals surface area contributed by atoms with Gasteiger partial charge in [0.1, 0.15) is 6.33 Å². The lowest BCUT2D eigenvalue weighted by atomic mass is 10.0. The number of carbonyl (C=O) groups excluding carboxylic acids is 1. The van der Waals surface area contributed by atoms with E-state index in [1.54, 1.807) is 0 Å². The highest BCUT2D eigenvalue weighted by Gasteiger charge is 2.23. The summed E-state index contributed by atoms with van der Waals surface area (Å²) in [4.78, 5) is 31.5. The molecule has 0 aliphatic heterocycles. The zero-order valence-electron chi connectivity index (χ0n) is 22.2. The normalized spacial score (nSPS) is 10.8. The van der Waals surface area contributed by atoms with Gasteiger partial charge in [-0.15, -0.1) is 0 Å². The van der Waals surface area contributed by atoms with E-state index in [1.165, 1.54) is 95.2 Å². The molecule has 0 aliphatic carbocycles. The number of nitrogens with one attached hydrogen (secondary N) is 3. The first-order chi connectivity index (χ1) is 18.4. The van der Waals surface area contributed by atoms with Gasteiger partial charge in [0, 0.05) is 11.6 Å². The highest BCUT2D eigenvalue weighted by molar-refractivity contribution is 6.36. The lowest BCUT2D eigenvalue weighted by Gasteiger charge is -2.11. The molecule has 0 saturated heterocycles. The zero-order valence-corrected chi connectivity index (χ0v) is 23.8. The molecule has 11 heteroatoms. The van der Waals surface area contributed by atoms with Crippen LogP contribution in [0.5, 0.6) is 0 Å². The summed E-state index contributed by atoms with van der Waals surface area (Å²) >= 11 is 11.9. The summed E-state index contributed by atoms with van der Waals surface area (Å²) in [5.41, 5.74) is 4.70. The van der Waals surface area contributed by atoms with Crippen LogP contribution in [0.3, 0.4) is 0 Å². The summed E-state index contributed by atoms with van der Waals surface area (Å²) < 4.78 is 0. The van der Waals surface area contributed by atoms with Crippen LogP contribution in [-0.4, -0.2) is 27.3 Å². The van der Waals surface area contributed by atoms with Crippen LogP contribution < -0.4 is 16.2 Å². The van der Waals surface area contributed by atoms with Crippen LogP contribution in [0.25, 0.3) is 0 Å². The third-order valence-corrected chi connectivity index (χ3v) is 6.85. The van der Waals surface area contributed by atoms with Crippen molar-refractivity contribution in [3.8, 4) is 0 Å². The Morgan fingerprint density at radius 1 is 0.868 bits per heavy atom. The van der Waals surface area contributed by atoms with E-state index in [4.69, 9.17) is 23.2 Å². The molecule has 9 nitrogen and oxygen atoms in total. The molecule has 0 saturated carbocycles. The van der Waals surface area contributed by atoms with Gasteiger partial charge in [0.15, 0.2) is 0 Å². The van der Waals surface area contributed by atoms with Crippen LogP contribution in [0, 0.1) is 10.1 Å². The number of hydrogen-bond acceptors (Lipinski definition) is 7. The van der Waals surface area contributed by atoms with Gasteiger partial charge >= 0.3 is 5.69 Å². The van der Waals surface area contributed by atoms with Crippen molar-refractivity contribution in [2.75, 3.05) is 17.3 Å². The molecule has 1 heterocycles. The van der Waals surface area contributed by atoms with Gasteiger partial charge in [-0.25, -0.2) is 9.97 Å². The fraction of sp³-hybridized carbons (Fsp3) is 0.593. The van der Waals surface area contributed by atoms with Gasteiger partial charge in [-0.3, -0.25) is 25.8 Å². The molecule has 2 rings (SSSR count). The molecule has 2 aromatic rings. The number of anilines is 2. The van der Waals surface area contributed by atoms with Crippen molar-refractivity contribution in [3.63, 3.8) is 0 Å². The number of halogens is 2. The average molecular weight is 568 g/mol. The highest BCUT2D eigenvalue weighted by atomic mass is 35.5. The molecule has 3 N–H and O–H groups in total. The molecule has 210 valence electrons. The molecule has 0 spiro atoms. The fourth-order valence-corrected chi connectivity index (χ4v) is 4.65. The van der Waals surface area contributed by atoms with Crippen LogP contribution in [0.2, 0.25) is 10.0 Å². The Labute approximate surface area is 235 Å². The highest BCUT2D eigenvalue weighted by Crippen LogP contribution is 2.28. The van der Waals surface area contributed by atoms with Crippen LogP contribution in [-0.2, 0) is 0 Å². The molecular formula is C27H40Cl2N6O3. The van der Waals surface area contributed by atoms with Gasteiger partial charge < -0.3 is 5.32 Å². The predicted octanol–water partition coefficient (Wildman–Crippen LogP) is 8.34. The maximum Gasteiger partial charge on any atom is 0.354 e. The Morgan fingerprint density at radius 3 is 1.97 bits per heavy atom. The Morgan fingerprint density at radius 2 is 1.42 bits per heavy atom. The summed E-state index contributed by atoms with van der Waals surface area (Å²) in [7, 11) is 0. The number of hydrogen-bond donors (Lipinski definition) is 3. The topological polar surface area (TPSA) is 122 Å². The predicted molar refractivity (Wildman–Crippen MR) is 155 cm³/mol. The minimum atomic E-state index is -0.587. The number of benzene rings is 1. The van der Waals surface area contributed by atoms with Gasteiger partial charge in [0.25, 0.3) is 5.91 Å². The first kappa shape index (κ1) is 31.6. The number of carbonyl (C=O) groups is 1. The molecule has 1 amide bonds. The average Bonchev–Trinajstić information content (AvgIpc) is 2.89. The fourth-order valence-electron chi connectivity index (χ4n) is 4.16. The summed E-state index contributed by atoms with van der Waals surface area (Å²) in [6.45, 7) is 2.81. The van der Waals surface area contributed by atoms with E-state index < -0.39 is 10.8 Å². The van der Waals surface area contributed by atoms with Gasteiger partial charge in [0.2, 0.25) is 11.6 Å². The van der Waals surface area contributed by atoms with Crippen molar-refractivity contribution in [2.24, 2.45) is 0 Å². The number of amides is 1. The SMILES string of the molecule is CCCCCCCCCCCCCCCCNc1ncnc(NNC(=O)c2ccc(Cl)cc2Cl)c1[N+](=O)[O-]. The Kier molecular flexibility index (Phi) is 15.4. The number of nitro groups is 1. The third-order valence-electron chi connectivity index (χ3n) is 6.30. The molecule has 1 aromatic heterocycles. The second-order valence-electron chi connectivity index (χ2n) is 9.40. The Bertz CT molecular complexity index is 1010. The van der Waals surface area contributed by atoms with E-state index in [0.717, 1.165) is 19.3 Å². The van der Waals surface area contributed by atoms with Crippen molar-refractivity contribution in [2.45, 2.75) is 96.8 Å². The Balaban J connectivity index is 1.67. The van der Waals surface area contributed by atoms with E-state index in [0.29, 0.717) is 11.6 Å². The van der Waals surface area contributed by atoms with Crippen molar-refractivity contribution >= 4 is 46.4 Å². The van der Waals surface area contributed by atoms with Crippen molar-refractivity contribution in [1.82, 2.24) is 15.4 Å². The number of rotatable bonds is 20. The number of aromatic nitrogens is 2. The standard InChI is InChI=1S/C27H40Cl2N6O3/c1-2-3-4-5-6-7-8-9-10-11-12-13-14-15-18-30-25-24(35(37)38)26(32-20-31-25)33-34-27(36)22-17-16-21(28)19-23(22)29/h16-17,19-20H,2-15,18H2,1H3,(H,34,36)(H2,30,31,32,33). The molecule has 0 aliphatic rings. The van der Waals surface area contributed by atoms with E-state index in [1.807, 2.05) is 0 Å². The van der Waals surface area contributed by atoms with Crippen LogP contribution in [0.1, 0.15) is 107 Å². The van der Waals surface area contributed by atoms with E-state index in [9.17, 15) is 14.9 Å². The van der Waals surface area contributed by atoms with Crippen molar-refractivity contribution < 1.29 is 9.72 Å². The largest absolute Gasteiger partial charge is 0.364 e. The molecule has 0 atom stereocenters. The van der Waals surface area contributed by atoms with Crippen LogP contribution in [0.4, 0.5) is 17.3 Å². The monoisotopic (exact) mass is 566 g/mol. The molecule has 0 unspecified atom stereocenters. The lowest BCUT2D eigenvalue weighted by Crippen LogP contribution is -2.30. The lowest BCUT2D eigenvalue weighted by molar-refractivity contribution is -0.383. The summed E-state index contributed by atoms with van der Waals surface area (Å²) in [6, 6.07) is 4.42. The minimum Gasteiger partial charge on any atom is -0.364 e. The summed E-state index contributed by atoms with van der Waals surface area (Å²) in [5.74, 6) is -0.621. The Hall–Kier alpha value is -2.65. The second kappa shape index (κ2) is 18.6. The minimum absolute atomic E-state index is 0.0981. The summed E-state index contributed by atoms with van der Waals surface area (Å²) in [6.07, 6.45) is 18.9. The maximum absolute atomic E-state index is 12.4. The van der Waals surface area contributed by atoms with E-state index in [2.05, 4.69) is 33.1 Å². The number of nitrogens with zero attached hydrogens (tertiary/aromatic N) is 3. The van der Waals surface area contributed by atoms with Gasteiger partial charge in [-0.05, 0) is 24.6 Å².